The Hall–Kier alpha value is -4.05. The number of pyridine rings is 2. The molecular formula is C22H19ClFN5O4. The van der Waals surface area contributed by atoms with E-state index >= 15 is 0 Å². The smallest absolute Gasteiger partial charge is 0.255 e. The molecule has 4 rings (SSSR count). The van der Waals surface area contributed by atoms with Crippen LogP contribution in [0.15, 0.2) is 65.7 Å². The number of nitrogens with one attached hydrogen (secondary N) is 2. The first-order valence-electron chi connectivity index (χ1n) is 9.69. The standard InChI is InChI=1S/C12H9FN2O2.C10H10ClN3O2/c13-10-7-9(4-5-11(10)14-8-16)15-6-2-1-3-12(15)17;11-5-1-2-8(13-4-5)14-10(16)7-3-6(7)9(12)15/h1-8H,(H,14,16);1-2,4,6-7H,3H2,(H2,12,15)(H,13,14,16)/t;6?,7-/m.1/s1. The molecule has 2 aromatic heterocycles. The molecule has 11 heteroatoms. The van der Waals surface area contributed by atoms with Crippen LogP contribution in [-0.2, 0) is 14.4 Å². The highest BCUT2D eigenvalue weighted by Gasteiger charge is 2.47. The van der Waals surface area contributed by atoms with Crippen LogP contribution < -0.4 is 21.9 Å². The lowest BCUT2D eigenvalue weighted by Crippen LogP contribution is -2.20. The topological polar surface area (TPSA) is 136 Å². The molecule has 2 heterocycles. The van der Waals surface area contributed by atoms with Gasteiger partial charge in [0.25, 0.3) is 5.56 Å². The van der Waals surface area contributed by atoms with Crippen LogP contribution in [0.2, 0.25) is 5.02 Å². The van der Waals surface area contributed by atoms with Gasteiger partial charge in [-0.2, -0.15) is 0 Å². The van der Waals surface area contributed by atoms with E-state index in [1.165, 1.54) is 29.0 Å². The number of aromatic nitrogens is 2. The molecule has 1 unspecified atom stereocenters. The summed E-state index contributed by atoms with van der Waals surface area (Å²) in [7, 11) is 0. The van der Waals surface area contributed by atoms with Crippen LogP contribution in [-0.4, -0.2) is 27.8 Å². The number of benzene rings is 1. The van der Waals surface area contributed by atoms with Gasteiger partial charge in [0.2, 0.25) is 18.2 Å². The molecule has 9 nitrogen and oxygen atoms in total. The first-order valence-corrected chi connectivity index (χ1v) is 10.1. The minimum absolute atomic E-state index is 0.0766. The Morgan fingerprint density at radius 2 is 1.97 bits per heavy atom. The number of carbonyl (C=O) groups excluding carboxylic acids is 3. The highest BCUT2D eigenvalue weighted by atomic mass is 35.5. The highest BCUT2D eigenvalue weighted by Crippen LogP contribution is 2.38. The SMILES string of the molecule is NC(=O)C1C[C@H]1C(=O)Nc1ccc(Cl)cn1.O=CNc1ccc(-n2ccccc2=O)cc1F. The molecule has 0 saturated heterocycles. The van der Waals surface area contributed by atoms with Crippen LogP contribution in [0.5, 0.6) is 0 Å². The van der Waals surface area contributed by atoms with E-state index in [2.05, 4.69) is 15.6 Å². The van der Waals surface area contributed by atoms with Crippen molar-refractivity contribution < 1.29 is 18.8 Å². The first kappa shape index (κ1) is 23.6. The maximum absolute atomic E-state index is 13.5. The molecule has 170 valence electrons. The zero-order valence-corrected chi connectivity index (χ0v) is 17.8. The quantitative estimate of drug-likeness (QED) is 0.474. The van der Waals surface area contributed by atoms with Crippen molar-refractivity contribution in [3.05, 3.63) is 82.1 Å². The van der Waals surface area contributed by atoms with E-state index in [0.717, 1.165) is 0 Å². The van der Waals surface area contributed by atoms with Crippen molar-refractivity contribution in [1.82, 2.24) is 9.55 Å². The van der Waals surface area contributed by atoms with Gasteiger partial charge in [0.05, 0.1) is 28.2 Å². The number of nitrogens with zero attached hydrogens (tertiary/aromatic N) is 2. The summed E-state index contributed by atoms with van der Waals surface area (Å²) in [6.45, 7) is 0. The molecule has 33 heavy (non-hydrogen) atoms. The molecule has 3 amide bonds. The van der Waals surface area contributed by atoms with E-state index in [1.54, 1.807) is 36.5 Å². The second-order valence-electron chi connectivity index (χ2n) is 7.04. The van der Waals surface area contributed by atoms with E-state index in [1.807, 2.05) is 0 Å². The normalized spacial score (nSPS) is 16.1. The maximum atomic E-state index is 13.5. The molecule has 1 aliphatic carbocycles. The number of rotatable bonds is 6. The van der Waals surface area contributed by atoms with Gasteiger partial charge in [0.15, 0.2) is 0 Å². The molecule has 1 aromatic carbocycles. The fraction of sp³-hybridized carbons (Fsp3) is 0.136. The number of anilines is 2. The van der Waals surface area contributed by atoms with Crippen LogP contribution >= 0.6 is 11.6 Å². The molecule has 1 aliphatic rings. The van der Waals surface area contributed by atoms with Crippen molar-refractivity contribution in [3.63, 3.8) is 0 Å². The summed E-state index contributed by atoms with van der Waals surface area (Å²) >= 11 is 5.65. The Kier molecular flexibility index (Phi) is 7.52. The summed E-state index contributed by atoms with van der Waals surface area (Å²) in [6, 6.07) is 12.0. The van der Waals surface area contributed by atoms with Crippen LogP contribution in [0.25, 0.3) is 5.69 Å². The molecule has 3 aromatic rings. The number of carbonyl (C=O) groups is 3. The first-order chi connectivity index (χ1) is 15.8. The Labute approximate surface area is 192 Å². The number of amides is 3. The molecule has 0 aliphatic heterocycles. The average molecular weight is 472 g/mol. The zero-order chi connectivity index (χ0) is 24.0. The Balaban J connectivity index is 0.000000186. The lowest BCUT2D eigenvalue weighted by molar-refractivity contribution is -0.123. The number of primary amides is 1. The van der Waals surface area contributed by atoms with Crippen LogP contribution in [0.1, 0.15) is 6.42 Å². The number of hydrogen-bond donors (Lipinski definition) is 3. The van der Waals surface area contributed by atoms with Crippen LogP contribution in [0.4, 0.5) is 15.9 Å². The van der Waals surface area contributed by atoms with Gasteiger partial charge < -0.3 is 16.4 Å². The van der Waals surface area contributed by atoms with Crippen LogP contribution in [0.3, 0.4) is 0 Å². The Morgan fingerprint density at radius 3 is 2.55 bits per heavy atom. The molecule has 1 saturated carbocycles. The molecule has 2 atom stereocenters. The summed E-state index contributed by atoms with van der Waals surface area (Å²) < 4.78 is 14.8. The van der Waals surface area contributed by atoms with Crippen molar-refractivity contribution in [3.8, 4) is 5.69 Å². The predicted molar refractivity (Wildman–Crippen MR) is 120 cm³/mol. The molecular weight excluding hydrogens is 453 g/mol. The van der Waals surface area contributed by atoms with Gasteiger partial charge in [-0.25, -0.2) is 9.37 Å². The third-order valence-electron chi connectivity index (χ3n) is 4.74. The average Bonchev–Trinajstić information content (AvgIpc) is 3.59. The number of halogens is 2. The van der Waals surface area contributed by atoms with Gasteiger partial charge in [-0.15, -0.1) is 0 Å². The van der Waals surface area contributed by atoms with Crippen molar-refractivity contribution in [2.24, 2.45) is 17.6 Å². The Morgan fingerprint density at radius 1 is 1.18 bits per heavy atom. The summed E-state index contributed by atoms with van der Waals surface area (Å²) in [5, 5.41) is 5.33. The van der Waals surface area contributed by atoms with Gasteiger partial charge in [-0.05, 0) is 36.8 Å². The lowest BCUT2D eigenvalue weighted by atomic mass is 10.2. The summed E-state index contributed by atoms with van der Waals surface area (Å²) in [6.07, 6.45) is 3.90. The van der Waals surface area contributed by atoms with Crippen molar-refractivity contribution in [2.75, 3.05) is 10.6 Å². The van der Waals surface area contributed by atoms with Gasteiger partial charge in [0, 0.05) is 24.5 Å². The van der Waals surface area contributed by atoms with E-state index in [4.69, 9.17) is 17.3 Å². The predicted octanol–water partition coefficient (Wildman–Crippen LogP) is 2.34. The molecule has 0 radical (unpaired) electrons. The van der Waals surface area contributed by atoms with Gasteiger partial charge >= 0.3 is 0 Å². The monoisotopic (exact) mass is 471 g/mol. The zero-order valence-electron chi connectivity index (χ0n) is 17.1. The van der Waals surface area contributed by atoms with Crippen molar-refractivity contribution >= 4 is 41.3 Å². The van der Waals surface area contributed by atoms with E-state index in [0.29, 0.717) is 29.4 Å². The van der Waals surface area contributed by atoms with E-state index in [-0.39, 0.29) is 29.0 Å². The van der Waals surface area contributed by atoms with E-state index < -0.39 is 11.7 Å². The largest absolute Gasteiger partial charge is 0.369 e. The van der Waals surface area contributed by atoms with Crippen molar-refractivity contribution in [2.45, 2.75) is 6.42 Å². The summed E-state index contributed by atoms with van der Waals surface area (Å²) in [4.78, 5) is 48.0. The molecule has 4 N–H and O–H groups in total. The lowest BCUT2D eigenvalue weighted by Gasteiger charge is -2.07. The number of hydrogen-bond acceptors (Lipinski definition) is 5. The fourth-order valence-corrected chi connectivity index (χ4v) is 3.05. The fourth-order valence-electron chi connectivity index (χ4n) is 2.94. The minimum Gasteiger partial charge on any atom is -0.369 e. The number of nitrogens with two attached hydrogens (primary N) is 1. The summed E-state index contributed by atoms with van der Waals surface area (Å²) in [5.74, 6) is -1.46. The van der Waals surface area contributed by atoms with Gasteiger partial charge in [-0.1, -0.05) is 17.7 Å². The Bertz CT molecular complexity index is 1230. The van der Waals surface area contributed by atoms with Gasteiger partial charge in [-0.3, -0.25) is 23.7 Å². The second-order valence-corrected chi connectivity index (χ2v) is 7.47. The van der Waals surface area contributed by atoms with Crippen molar-refractivity contribution in [1.29, 1.82) is 0 Å². The third-order valence-corrected chi connectivity index (χ3v) is 4.96. The van der Waals surface area contributed by atoms with E-state index in [9.17, 15) is 23.6 Å². The maximum Gasteiger partial charge on any atom is 0.255 e. The molecule has 0 bridgehead atoms. The second kappa shape index (κ2) is 10.5. The molecule has 1 fully saturated rings. The highest BCUT2D eigenvalue weighted by molar-refractivity contribution is 6.30. The van der Waals surface area contributed by atoms with Crippen LogP contribution in [0, 0.1) is 17.7 Å². The third kappa shape index (κ3) is 6.23. The van der Waals surface area contributed by atoms with Gasteiger partial charge in [0.1, 0.15) is 11.6 Å². The summed E-state index contributed by atoms with van der Waals surface area (Å²) in [5.41, 5.74) is 5.32. The molecule has 0 spiro atoms. The minimum atomic E-state index is -0.592.